The van der Waals surface area contributed by atoms with E-state index < -0.39 is 43.9 Å². The lowest BCUT2D eigenvalue weighted by Gasteiger charge is -2.40. The maximum atomic E-state index is 9.91. The molecule has 4 N–H and O–H groups in total. The molecule has 1 fully saturated rings. The monoisotopic (exact) mass is 270 g/mol. The zero-order valence-electron chi connectivity index (χ0n) is 10.3. The van der Waals surface area contributed by atoms with Gasteiger partial charge in [-0.2, -0.15) is 0 Å². The van der Waals surface area contributed by atoms with Crippen LogP contribution in [0.1, 0.15) is 11.9 Å². The van der Waals surface area contributed by atoms with E-state index >= 15 is 0 Å². The summed E-state index contributed by atoms with van der Waals surface area (Å²) in [5.41, 5.74) is 0.711. The first-order valence-corrected chi connectivity index (χ1v) is 6.11. The van der Waals surface area contributed by atoms with Crippen LogP contribution in [-0.4, -0.2) is 58.1 Å². The van der Waals surface area contributed by atoms with Crippen LogP contribution in [0.25, 0.3) is 0 Å². The van der Waals surface area contributed by atoms with Crippen molar-refractivity contribution < 1.29 is 29.9 Å². The van der Waals surface area contributed by atoms with Crippen molar-refractivity contribution in [2.24, 2.45) is 0 Å². The largest absolute Gasteiger partial charge is 0.394 e. The summed E-state index contributed by atoms with van der Waals surface area (Å²) >= 11 is 0. The van der Waals surface area contributed by atoms with Gasteiger partial charge in [-0.15, -0.1) is 0 Å². The third kappa shape index (κ3) is 3.11. The molecule has 5 atom stereocenters. The van der Waals surface area contributed by atoms with Crippen molar-refractivity contribution >= 4 is 0 Å². The number of aliphatic hydroxyl groups excluding tert-OH is 4. The Morgan fingerprint density at radius 1 is 1.11 bits per heavy atom. The van der Waals surface area contributed by atoms with E-state index in [9.17, 15) is 15.3 Å². The van der Waals surface area contributed by atoms with Crippen LogP contribution in [0, 0.1) is 0 Å². The van der Waals surface area contributed by atoms with Crippen LogP contribution in [0.4, 0.5) is 0 Å². The molecular formula is C13H18O6. The van der Waals surface area contributed by atoms with Crippen molar-refractivity contribution in [2.45, 2.75) is 30.7 Å². The predicted octanol–water partition coefficient (Wildman–Crippen LogP) is -0.824. The molecule has 1 aliphatic rings. The summed E-state index contributed by atoms with van der Waals surface area (Å²) in [4.78, 5) is 0. The van der Waals surface area contributed by atoms with E-state index in [4.69, 9.17) is 14.6 Å². The molecule has 1 unspecified atom stereocenters. The zero-order valence-corrected chi connectivity index (χ0v) is 10.3. The molecule has 0 aliphatic carbocycles. The summed E-state index contributed by atoms with van der Waals surface area (Å²) in [6, 6.07) is 9.00. The van der Waals surface area contributed by atoms with Crippen LogP contribution in [-0.2, 0) is 9.47 Å². The molecule has 106 valence electrons. The van der Waals surface area contributed by atoms with Crippen molar-refractivity contribution in [3.63, 3.8) is 0 Å². The SMILES string of the molecule is OC[C@H](O)[C@@H]1OC(c2ccccc2)O[C@H](CO)[C@@H]1O. The maximum Gasteiger partial charge on any atom is 0.184 e. The van der Waals surface area contributed by atoms with Crippen molar-refractivity contribution in [3.05, 3.63) is 35.9 Å². The molecule has 6 nitrogen and oxygen atoms in total. The second-order valence-corrected chi connectivity index (χ2v) is 4.44. The minimum absolute atomic E-state index is 0.400. The number of benzene rings is 1. The highest BCUT2D eigenvalue weighted by atomic mass is 16.7. The van der Waals surface area contributed by atoms with Gasteiger partial charge < -0.3 is 29.9 Å². The maximum absolute atomic E-state index is 9.91. The highest BCUT2D eigenvalue weighted by Crippen LogP contribution is 2.31. The Kier molecular flexibility index (Phi) is 4.87. The third-order valence-corrected chi connectivity index (χ3v) is 3.11. The van der Waals surface area contributed by atoms with Crippen LogP contribution in [0.5, 0.6) is 0 Å². The van der Waals surface area contributed by atoms with Crippen molar-refractivity contribution in [2.75, 3.05) is 13.2 Å². The highest BCUT2D eigenvalue weighted by molar-refractivity contribution is 5.16. The van der Waals surface area contributed by atoms with Crippen LogP contribution >= 0.6 is 0 Å². The van der Waals surface area contributed by atoms with Crippen molar-refractivity contribution in [3.8, 4) is 0 Å². The molecule has 0 radical (unpaired) electrons. The molecule has 1 saturated heterocycles. The first kappa shape index (κ1) is 14.4. The predicted molar refractivity (Wildman–Crippen MR) is 65.1 cm³/mol. The first-order chi connectivity index (χ1) is 9.17. The summed E-state index contributed by atoms with van der Waals surface area (Å²) in [7, 11) is 0. The fourth-order valence-electron chi connectivity index (χ4n) is 2.05. The van der Waals surface area contributed by atoms with E-state index in [1.54, 1.807) is 24.3 Å². The van der Waals surface area contributed by atoms with Crippen molar-refractivity contribution in [1.82, 2.24) is 0 Å². The Labute approximate surface area is 110 Å². The van der Waals surface area contributed by atoms with Gasteiger partial charge in [-0.1, -0.05) is 30.3 Å². The van der Waals surface area contributed by atoms with Gasteiger partial charge in [-0.3, -0.25) is 0 Å². The molecule has 1 aromatic rings. The zero-order chi connectivity index (χ0) is 13.8. The topological polar surface area (TPSA) is 99.4 Å². The lowest BCUT2D eigenvalue weighted by atomic mass is 10.0. The molecule has 19 heavy (non-hydrogen) atoms. The summed E-state index contributed by atoms with van der Waals surface area (Å²) in [6.45, 7) is -0.941. The van der Waals surface area contributed by atoms with Gasteiger partial charge in [0, 0.05) is 5.56 Å². The molecule has 0 aromatic heterocycles. The summed E-state index contributed by atoms with van der Waals surface area (Å²) in [5.74, 6) is 0. The Bertz CT molecular complexity index is 384. The Balaban J connectivity index is 2.18. The van der Waals surface area contributed by atoms with E-state index in [1.807, 2.05) is 6.07 Å². The second kappa shape index (κ2) is 6.42. The number of hydrogen-bond acceptors (Lipinski definition) is 6. The van der Waals surface area contributed by atoms with E-state index in [0.29, 0.717) is 5.56 Å². The third-order valence-electron chi connectivity index (χ3n) is 3.11. The molecule has 0 bridgehead atoms. The minimum atomic E-state index is -1.24. The van der Waals surface area contributed by atoms with Gasteiger partial charge in [-0.25, -0.2) is 0 Å². The van der Waals surface area contributed by atoms with Gasteiger partial charge in [-0.05, 0) is 0 Å². The molecule has 6 heteroatoms. The summed E-state index contributed by atoms with van der Waals surface area (Å²) in [5, 5.41) is 37.8. The van der Waals surface area contributed by atoms with Crippen LogP contribution < -0.4 is 0 Å². The van der Waals surface area contributed by atoms with Crippen LogP contribution in [0.3, 0.4) is 0 Å². The quantitative estimate of drug-likeness (QED) is 0.570. The minimum Gasteiger partial charge on any atom is -0.394 e. The van der Waals surface area contributed by atoms with Gasteiger partial charge in [0.15, 0.2) is 6.29 Å². The normalized spacial score (nSPS) is 33.1. The molecule has 0 amide bonds. The van der Waals surface area contributed by atoms with E-state index in [-0.39, 0.29) is 0 Å². The number of ether oxygens (including phenoxy) is 2. The lowest BCUT2D eigenvalue weighted by Crippen LogP contribution is -2.54. The Morgan fingerprint density at radius 2 is 1.79 bits per heavy atom. The van der Waals surface area contributed by atoms with Gasteiger partial charge in [0.25, 0.3) is 0 Å². The molecule has 1 aromatic carbocycles. The molecule has 0 saturated carbocycles. The van der Waals surface area contributed by atoms with E-state index in [2.05, 4.69) is 0 Å². The molecule has 1 heterocycles. The molecule has 2 rings (SSSR count). The number of hydrogen-bond donors (Lipinski definition) is 4. The number of aliphatic hydroxyl groups is 4. The average Bonchev–Trinajstić information content (AvgIpc) is 2.47. The number of rotatable bonds is 4. The molecule has 1 aliphatic heterocycles. The van der Waals surface area contributed by atoms with Crippen LogP contribution in [0.2, 0.25) is 0 Å². The van der Waals surface area contributed by atoms with E-state index in [0.717, 1.165) is 0 Å². The van der Waals surface area contributed by atoms with Gasteiger partial charge in [0.1, 0.15) is 24.4 Å². The second-order valence-electron chi connectivity index (χ2n) is 4.44. The average molecular weight is 270 g/mol. The molecule has 0 spiro atoms. The fourth-order valence-corrected chi connectivity index (χ4v) is 2.05. The molecular weight excluding hydrogens is 252 g/mol. The Hall–Kier alpha value is -1.02. The standard InChI is InChI=1S/C13H18O6/c14-6-9(16)12-11(17)10(7-15)18-13(19-12)8-4-2-1-3-5-8/h1-5,9-17H,6-7H2/t9-,10+,11-,12-,13?/m0/s1. The van der Waals surface area contributed by atoms with Crippen LogP contribution in [0.15, 0.2) is 30.3 Å². The lowest BCUT2D eigenvalue weighted by molar-refractivity contribution is -0.310. The fraction of sp³-hybridized carbons (Fsp3) is 0.538. The van der Waals surface area contributed by atoms with Gasteiger partial charge in [0.05, 0.1) is 13.2 Å². The highest BCUT2D eigenvalue weighted by Gasteiger charge is 2.42. The first-order valence-electron chi connectivity index (χ1n) is 6.11. The summed E-state index contributed by atoms with van der Waals surface area (Å²) < 4.78 is 10.9. The smallest absolute Gasteiger partial charge is 0.184 e. The van der Waals surface area contributed by atoms with Gasteiger partial charge in [0.2, 0.25) is 0 Å². The van der Waals surface area contributed by atoms with E-state index in [1.165, 1.54) is 0 Å². The van der Waals surface area contributed by atoms with Crippen molar-refractivity contribution in [1.29, 1.82) is 0 Å². The summed E-state index contributed by atoms with van der Waals surface area (Å²) in [6.07, 6.45) is -5.12. The van der Waals surface area contributed by atoms with Gasteiger partial charge >= 0.3 is 0 Å². The Morgan fingerprint density at radius 3 is 2.37 bits per heavy atom.